The predicted octanol–water partition coefficient (Wildman–Crippen LogP) is 2.50. The van der Waals surface area contributed by atoms with Gasteiger partial charge in [-0.05, 0) is 47.5 Å². The minimum Gasteiger partial charge on any atom is -0.378 e. The maximum absolute atomic E-state index is 5.89. The van der Waals surface area contributed by atoms with Crippen LogP contribution in [0.1, 0.15) is 25.7 Å². The first-order chi connectivity index (χ1) is 10.2. The Morgan fingerprint density at radius 3 is 3.00 bits per heavy atom. The van der Waals surface area contributed by atoms with Gasteiger partial charge in [0.2, 0.25) is 0 Å². The zero-order chi connectivity index (χ0) is 14.4. The van der Waals surface area contributed by atoms with Crippen molar-refractivity contribution in [3.8, 4) is 0 Å². The fourth-order valence-corrected chi connectivity index (χ4v) is 3.70. The molecule has 3 heterocycles. The summed E-state index contributed by atoms with van der Waals surface area (Å²) in [6.07, 6.45) is 6.75. The van der Waals surface area contributed by atoms with Crippen molar-refractivity contribution < 1.29 is 4.74 Å². The maximum Gasteiger partial charge on any atom is 0.164 e. The molecule has 2 aromatic heterocycles. The van der Waals surface area contributed by atoms with Crippen LogP contribution in [0.4, 0.5) is 5.82 Å². The average molecular weight is 352 g/mol. The molecule has 112 valence electrons. The summed E-state index contributed by atoms with van der Waals surface area (Å²) in [5.41, 5.74) is 0.838. The first-order valence-corrected chi connectivity index (χ1v) is 8.23. The van der Waals surface area contributed by atoms with E-state index in [9.17, 15) is 0 Å². The van der Waals surface area contributed by atoms with Crippen LogP contribution in [0.15, 0.2) is 10.9 Å². The highest BCUT2D eigenvalue weighted by molar-refractivity contribution is 9.10. The minimum absolute atomic E-state index is 0.412. The molecule has 0 aromatic carbocycles. The molecule has 1 aliphatic heterocycles. The van der Waals surface area contributed by atoms with Crippen molar-refractivity contribution in [1.29, 1.82) is 0 Å². The van der Waals surface area contributed by atoms with Crippen LogP contribution in [0, 0.1) is 5.92 Å². The van der Waals surface area contributed by atoms with Crippen LogP contribution in [0.5, 0.6) is 0 Å². The molecule has 1 aliphatic carbocycles. The average Bonchev–Trinajstić information content (AvgIpc) is 3.28. The predicted molar refractivity (Wildman–Crippen MR) is 83.1 cm³/mol. The fourth-order valence-electron chi connectivity index (χ4n) is 3.10. The van der Waals surface area contributed by atoms with Gasteiger partial charge in [-0.3, -0.25) is 0 Å². The molecular weight excluding hydrogens is 334 g/mol. The number of hydrogen-bond acceptors (Lipinski definition) is 5. The number of aryl methyl sites for hydroxylation is 1. The molecule has 2 atom stereocenters. The van der Waals surface area contributed by atoms with Gasteiger partial charge in [-0.2, -0.15) is 5.10 Å². The van der Waals surface area contributed by atoms with E-state index in [1.165, 1.54) is 12.8 Å². The Morgan fingerprint density at radius 2 is 2.19 bits per heavy atom. The summed E-state index contributed by atoms with van der Waals surface area (Å²) in [6, 6.07) is 0.412. The van der Waals surface area contributed by atoms with E-state index in [1.54, 1.807) is 11.0 Å². The number of fused-ring (bicyclic) bond motifs is 1. The molecule has 2 unspecified atom stereocenters. The first-order valence-electron chi connectivity index (χ1n) is 7.43. The van der Waals surface area contributed by atoms with Gasteiger partial charge in [0.05, 0.1) is 11.5 Å². The number of aromatic nitrogens is 4. The van der Waals surface area contributed by atoms with Crippen molar-refractivity contribution >= 4 is 32.8 Å². The highest BCUT2D eigenvalue weighted by Gasteiger charge is 2.36. The van der Waals surface area contributed by atoms with Crippen LogP contribution in [-0.2, 0) is 11.8 Å². The van der Waals surface area contributed by atoms with Crippen molar-refractivity contribution in [2.45, 2.75) is 37.8 Å². The summed E-state index contributed by atoms with van der Waals surface area (Å²) in [5.74, 6) is 1.64. The quantitative estimate of drug-likeness (QED) is 0.920. The van der Waals surface area contributed by atoms with Gasteiger partial charge in [0.15, 0.2) is 5.65 Å². The highest BCUT2D eigenvalue weighted by Crippen LogP contribution is 2.39. The molecule has 2 aromatic rings. The van der Waals surface area contributed by atoms with Gasteiger partial charge < -0.3 is 10.1 Å². The summed E-state index contributed by atoms with van der Waals surface area (Å²) in [7, 11) is 1.89. The maximum atomic E-state index is 5.89. The standard InChI is InChI=1S/C14H18BrN5O/c1-20-14-11(12(15)19-20)13(16-7-17-14)18-9-4-5-21-10(6-9)8-2-3-8/h7-10H,2-6H2,1H3,(H,16,17,18). The molecule has 7 heteroatoms. The number of ether oxygens (including phenoxy) is 1. The number of halogens is 1. The number of nitrogens with zero attached hydrogens (tertiary/aromatic N) is 4. The molecule has 0 bridgehead atoms. The van der Waals surface area contributed by atoms with Crippen LogP contribution in [0.3, 0.4) is 0 Å². The van der Waals surface area contributed by atoms with E-state index >= 15 is 0 Å². The second-order valence-corrected chi connectivity index (χ2v) is 6.70. The van der Waals surface area contributed by atoms with Gasteiger partial charge in [0, 0.05) is 19.7 Å². The second kappa shape index (κ2) is 5.21. The second-order valence-electron chi connectivity index (χ2n) is 5.95. The molecule has 0 spiro atoms. The molecule has 2 aliphatic rings. The van der Waals surface area contributed by atoms with Gasteiger partial charge >= 0.3 is 0 Å². The van der Waals surface area contributed by atoms with Crippen molar-refractivity contribution in [2.24, 2.45) is 13.0 Å². The van der Waals surface area contributed by atoms with Crippen LogP contribution in [-0.4, -0.2) is 38.5 Å². The molecule has 1 N–H and O–H groups in total. The molecular formula is C14H18BrN5O. The summed E-state index contributed by atoms with van der Waals surface area (Å²) in [4.78, 5) is 8.72. The lowest BCUT2D eigenvalue weighted by Crippen LogP contribution is -2.35. The van der Waals surface area contributed by atoms with E-state index in [0.29, 0.717) is 12.1 Å². The van der Waals surface area contributed by atoms with E-state index in [0.717, 1.165) is 46.8 Å². The van der Waals surface area contributed by atoms with Gasteiger partial charge in [-0.15, -0.1) is 0 Å². The van der Waals surface area contributed by atoms with Crippen molar-refractivity contribution in [3.63, 3.8) is 0 Å². The van der Waals surface area contributed by atoms with Crippen molar-refractivity contribution in [1.82, 2.24) is 19.7 Å². The molecule has 6 nitrogen and oxygen atoms in total. The van der Waals surface area contributed by atoms with Crippen LogP contribution in [0.25, 0.3) is 11.0 Å². The lowest BCUT2D eigenvalue weighted by Gasteiger charge is -2.30. The topological polar surface area (TPSA) is 64.9 Å². The van der Waals surface area contributed by atoms with E-state index in [2.05, 4.69) is 36.3 Å². The van der Waals surface area contributed by atoms with Crippen LogP contribution < -0.4 is 5.32 Å². The largest absolute Gasteiger partial charge is 0.378 e. The van der Waals surface area contributed by atoms with Gasteiger partial charge in [0.25, 0.3) is 0 Å². The van der Waals surface area contributed by atoms with Gasteiger partial charge in [0.1, 0.15) is 16.7 Å². The molecule has 21 heavy (non-hydrogen) atoms. The summed E-state index contributed by atoms with van der Waals surface area (Å²) >= 11 is 3.50. The van der Waals surface area contributed by atoms with E-state index in [1.807, 2.05) is 7.05 Å². The fraction of sp³-hybridized carbons (Fsp3) is 0.643. The molecule has 1 saturated heterocycles. The Bertz CT molecular complexity index is 669. The summed E-state index contributed by atoms with van der Waals surface area (Å²) in [5, 5.41) is 8.89. The Labute approximate surface area is 131 Å². The Morgan fingerprint density at radius 1 is 1.33 bits per heavy atom. The molecule has 1 saturated carbocycles. The Kier molecular flexibility index (Phi) is 3.34. The van der Waals surface area contributed by atoms with E-state index in [-0.39, 0.29) is 0 Å². The molecule has 0 amide bonds. The summed E-state index contributed by atoms with van der Waals surface area (Å²) in [6.45, 7) is 0.835. The third-order valence-electron chi connectivity index (χ3n) is 4.38. The van der Waals surface area contributed by atoms with Crippen LogP contribution >= 0.6 is 15.9 Å². The van der Waals surface area contributed by atoms with Crippen LogP contribution in [0.2, 0.25) is 0 Å². The lowest BCUT2D eigenvalue weighted by atomic mass is 10.00. The number of rotatable bonds is 3. The normalized spacial score (nSPS) is 26.2. The monoisotopic (exact) mass is 351 g/mol. The highest BCUT2D eigenvalue weighted by atomic mass is 79.9. The van der Waals surface area contributed by atoms with Crippen molar-refractivity contribution in [2.75, 3.05) is 11.9 Å². The third-order valence-corrected chi connectivity index (χ3v) is 4.94. The molecule has 4 rings (SSSR count). The van der Waals surface area contributed by atoms with E-state index < -0.39 is 0 Å². The summed E-state index contributed by atoms with van der Waals surface area (Å²) < 4.78 is 8.44. The number of anilines is 1. The third kappa shape index (κ3) is 2.53. The zero-order valence-corrected chi connectivity index (χ0v) is 13.5. The molecule has 0 radical (unpaired) electrons. The SMILES string of the molecule is Cn1nc(Br)c2c(NC3CCOC(C4CC4)C3)ncnc21. The van der Waals surface area contributed by atoms with Gasteiger partial charge in [-0.1, -0.05) is 0 Å². The smallest absolute Gasteiger partial charge is 0.164 e. The lowest BCUT2D eigenvalue weighted by molar-refractivity contribution is -0.00221. The van der Waals surface area contributed by atoms with E-state index in [4.69, 9.17) is 4.74 Å². The zero-order valence-electron chi connectivity index (χ0n) is 11.9. The molecule has 2 fully saturated rings. The number of hydrogen-bond donors (Lipinski definition) is 1. The first kappa shape index (κ1) is 13.5. The Hall–Kier alpha value is -1.21. The van der Waals surface area contributed by atoms with Gasteiger partial charge in [-0.25, -0.2) is 14.6 Å². The Balaban J connectivity index is 1.59. The minimum atomic E-state index is 0.412. The van der Waals surface area contributed by atoms with Crippen molar-refractivity contribution in [3.05, 3.63) is 10.9 Å². The number of nitrogens with one attached hydrogen (secondary N) is 1.